The maximum atomic E-state index is 13.5. The monoisotopic (exact) mass is 239 g/mol. The topological polar surface area (TPSA) is 12.0 Å². The predicted molar refractivity (Wildman–Crippen MR) is 67.8 cm³/mol. The zero-order valence-electron chi connectivity index (χ0n) is 10.6. The van der Waals surface area contributed by atoms with E-state index in [1.54, 1.807) is 13.0 Å². The molecule has 1 rings (SSSR count). The Kier molecular flexibility index (Phi) is 5.29. The molecule has 0 amide bonds. The molecular formula is C14H19F2N. The fourth-order valence-electron chi connectivity index (χ4n) is 1.58. The lowest BCUT2D eigenvalue weighted by Gasteiger charge is -2.07. The number of allylic oxidation sites excluding steroid dienone is 1. The average Bonchev–Trinajstić information content (AvgIpc) is 2.27. The summed E-state index contributed by atoms with van der Waals surface area (Å²) in [5.41, 5.74) is 1.11. The Morgan fingerprint density at radius 1 is 1.35 bits per heavy atom. The van der Waals surface area contributed by atoms with Crippen LogP contribution in [0.5, 0.6) is 0 Å². The Hall–Kier alpha value is -1.22. The van der Waals surface area contributed by atoms with Crippen LogP contribution in [-0.2, 0) is 0 Å². The van der Waals surface area contributed by atoms with E-state index in [2.05, 4.69) is 19.2 Å². The molecule has 0 heterocycles. The molecule has 0 saturated carbocycles. The molecule has 17 heavy (non-hydrogen) atoms. The summed E-state index contributed by atoms with van der Waals surface area (Å²) in [6.45, 7) is 6.78. The molecule has 0 unspecified atom stereocenters. The van der Waals surface area contributed by atoms with Gasteiger partial charge in [-0.2, -0.15) is 0 Å². The second-order valence-corrected chi connectivity index (χ2v) is 4.39. The minimum absolute atomic E-state index is 0.342. The van der Waals surface area contributed by atoms with Gasteiger partial charge in [0.05, 0.1) is 0 Å². The molecular weight excluding hydrogens is 220 g/mol. The molecule has 0 bridgehead atoms. The SMILES string of the molecule is CC(=CCCNC(C)C)c1cccc(F)c1F. The van der Waals surface area contributed by atoms with Crippen LogP contribution in [0.2, 0.25) is 0 Å². The van der Waals surface area contributed by atoms with E-state index in [1.165, 1.54) is 6.07 Å². The minimum Gasteiger partial charge on any atom is -0.314 e. The lowest BCUT2D eigenvalue weighted by Crippen LogP contribution is -2.23. The van der Waals surface area contributed by atoms with Crippen LogP contribution >= 0.6 is 0 Å². The first-order chi connectivity index (χ1) is 8.02. The van der Waals surface area contributed by atoms with Crippen molar-refractivity contribution in [3.8, 4) is 0 Å². The van der Waals surface area contributed by atoms with E-state index >= 15 is 0 Å². The largest absolute Gasteiger partial charge is 0.314 e. The van der Waals surface area contributed by atoms with Gasteiger partial charge in [0, 0.05) is 11.6 Å². The first kappa shape index (κ1) is 13.8. The van der Waals surface area contributed by atoms with Gasteiger partial charge < -0.3 is 5.32 Å². The van der Waals surface area contributed by atoms with Crippen LogP contribution in [0, 0.1) is 11.6 Å². The zero-order chi connectivity index (χ0) is 12.8. The van der Waals surface area contributed by atoms with Gasteiger partial charge in [0.25, 0.3) is 0 Å². The summed E-state index contributed by atoms with van der Waals surface area (Å²) < 4.78 is 26.5. The van der Waals surface area contributed by atoms with Crippen LogP contribution in [0.4, 0.5) is 8.78 Å². The van der Waals surface area contributed by atoms with Crippen molar-refractivity contribution in [3.05, 3.63) is 41.5 Å². The standard InChI is InChI=1S/C14H19F2N/c1-10(2)17-9-5-6-11(3)12-7-4-8-13(15)14(12)16/h4,6-8,10,17H,5,9H2,1-3H3. The molecule has 0 fully saturated rings. The third kappa shape index (κ3) is 4.27. The molecule has 0 aromatic heterocycles. The normalized spacial score (nSPS) is 12.2. The lowest BCUT2D eigenvalue weighted by atomic mass is 10.1. The van der Waals surface area contributed by atoms with Crippen molar-refractivity contribution in [2.45, 2.75) is 33.2 Å². The highest BCUT2D eigenvalue weighted by atomic mass is 19.2. The third-order valence-corrected chi connectivity index (χ3v) is 2.52. The molecule has 0 aliphatic heterocycles. The van der Waals surface area contributed by atoms with Gasteiger partial charge >= 0.3 is 0 Å². The van der Waals surface area contributed by atoms with Crippen molar-refractivity contribution >= 4 is 5.57 Å². The van der Waals surface area contributed by atoms with Gasteiger partial charge in [0.15, 0.2) is 11.6 Å². The Labute approximate surface area is 102 Å². The van der Waals surface area contributed by atoms with Crippen LogP contribution in [0.1, 0.15) is 32.8 Å². The van der Waals surface area contributed by atoms with Gasteiger partial charge in [-0.05, 0) is 31.5 Å². The molecule has 0 aliphatic carbocycles. The van der Waals surface area contributed by atoms with Crippen molar-refractivity contribution in [1.82, 2.24) is 5.32 Å². The number of benzene rings is 1. The Morgan fingerprint density at radius 2 is 2.06 bits per heavy atom. The van der Waals surface area contributed by atoms with Crippen LogP contribution < -0.4 is 5.32 Å². The molecule has 1 nitrogen and oxygen atoms in total. The molecule has 1 aromatic rings. The highest BCUT2D eigenvalue weighted by Gasteiger charge is 2.08. The number of nitrogens with one attached hydrogen (secondary N) is 1. The first-order valence-corrected chi connectivity index (χ1v) is 5.87. The zero-order valence-corrected chi connectivity index (χ0v) is 10.6. The van der Waals surface area contributed by atoms with E-state index in [0.29, 0.717) is 11.6 Å². The average molecular weight is 239 g/mol. The molecule has 0 radical (unpaired) electrons. The van der Waals surface area contributed by atoms with Crippen molar-refractivity contribution < 1.29 is 8.78 Å². The van der Waals surface area contributed by atoms with E-state index in [1.807, 2.05) is 6.08 Å². The molecule has 0 atom stereocenters. The maximum Gasteiger partial charge on any atom is 0.166 e. The summed E-state index contributed by atoms with van der Waals surface area (Å²) in [6.07, 6.45) is 2.73. The summed E-state index contributed by atoms with van der Waals surface area (Å²) in [5, 5.41) is 3.27. The van der Waals surface area contributed by atoms with E-state index in [4.69, 9.17) is 0 Å². The summed E-state index contributed by atoms with van der Waals surface area (Å²) >= 11 is 0. The van der Waals surface area contributed by atoms with Crippen molar-refractivity contribution in [1.29, 1.82) is 0 Å². The van der Waals surface area contributed by atoms with Gasteiger partial charge in [-0.1, -0.05) is 32.1 Å². The summed E-state index contributed by atoms with van der Waals surface area (Å²) in [5.74, 6) is -1.56. The van der Waals surface area contributed by atoms with Gasteiger partial charge in [0.1, 0.15) is 0 Å². The predicted octanol–water partition coefficient (Wildman–Crippen LogP) is 3.76. The number of hydrogen-bond donors (Lipinski definition) is 1. The Morgan fingerprint density at radius 3 is 2.71 bits per heavy atom. The fraction of sp³-hybridized carbons (Fsp3) is 0.429. The van der Waals surface area contributed by atoms with Crippen molar-refractivity contribution in [2.24, 2.45) is 0 Å². The van der Waals surface area contributed by atoms with Gasteiger partial charge in [-0.15, -0.1) is 0 Å². The van der Waals surface area contributed by atoms with Gasteiger partial charge in [0.2, 0.25) is 0 Å². The highest BCUT2D eigenvalue weighted by Crippen LogP contribution is 2.20. The van der Waals surface area contributed by atoms with Crippen LogP contribution in [0.15, 0.2) is 24.3 Å². The van der Waals surface area contributed by atoms with Gasteiger partial charge in [-0.25, -0.2) is 8.78 Å². The maximum absolute atomic E-state index is 13.5. The van der Waals surface area contributed by atoms with E-state index in [-0.39, 0.29) is 0 Å². The number of hydrogen-bond acceptors (Lipinski definition) is 1. The van der Waals surface area contributed by atoms with Crippen LogP contribution in [-0.4, -0.2) is 12.6 Å². The molecule has 0 spiro atoms. The molecule has 0 aliphatic rings. The summed E-state index contributed by atoms with van der Waals surface area (Å²) in [6, 6.07) is 4.69. The van der Waals surface area contributed by atoms with E-state index in [9.17, 15) is 8.78 Å². The first-order valence-electron chi connectivity index (χ1n) is 5.87. The number of halogens is 2. The van der Waals surface area contributed by atoms with Crippen LogP contribution in [0.3, 0.4) is 0 Å². The minimum atomic E-state index is -0.796. The number of rotatable bonds is 5. The molecule has 3 heteroatoms. The summed E-state index contributed by atoms with van der Waals surface area (Å²) in [4.78, 5) is 0. The lowest BCUT2D eigenvalue weighted by molar-refractivity contribution is 0.506. The summed E-state index contributed by atoms with van der Waals surface area (Å²) in [7, 11) is 0. The molecule has 1 N–H and O–H groups in total. The smallest absolute Gasteiger partial charge is 0.166 e. The van der Waals surface area contributed by atoms with Crippen molar-refractivity contribution in [3.63, 3.8) is 0 Å². The fourth-order valence-corrected chi connectivity index (χ4v) is 1.58. The van der Waals surface area contributed by atoms with Gasteiger partial charge in [-0.3, -0.25) is 0 Å². The molecule has 94 valence electrons. The molecule has 0 saturated heterocycles. The second kappa shape index (κ2) is 6.50. The van der Waals surface area contributed by atoms with E-state index < -0.39 is 11.6 Å². The Balaban J connectivity index is 2.65. The molecule has 1 aromatic carbocycles. The van der Waals surface area contributed by atoms with E-state index in [0.717, 1.165) is 24.6 Å². The second-order valence-electron chi connectivity index (χ2n) is 4.39. The highest BCUT2D eigenvalue weighted by molar-refractivity contribution is 5.64. The third-order valence-electron chi connectivity index (χ3n) is 2.52. The quantitative estimate of drug-likeness (QED) is 0.771. The van der Waals surface area contributed by atoms with Crippen LogP contribution in [0.25, 0.3) is 5.57 Å². The Bertz CT molecular complexity index is 397. The van der Waals surface area contributed by atoms with Crippen molar-refractivity contribution in [2.75, 3.05) is 6.54 Å².